The van der Waals surface area contributed by atoms with Crippen LogP contribution in [0, 0.1) is 15.9 Å². The highest BCUT2D eigenvalue weighted by atomic mass is 19.1. The number of rotatable bonds is 5. The number of amides is 2. The Morgan fingerprint density at radius 1 is 0.926 bits per heavy atom. The lowest BCUT2D eigenvalue weighted by Crippen LogP contribution is -2.14. The Balaban J connectivity index is 1.71. The quantitative estimate of drug-likeness (QED) is 0.524. The molecule has 2 N–H and O–H groups in total. The van der Waals surface area contributed by atoms with Crippen molar-refractivity contribution < 1.29 is 23.3 Å². The van der Waals surface area contributed by atoms with Gasteiger partial charge in [0.15, 0.2) is 5.76 Å². The smallest absolute Gasteiger partial charge is 0.395 e. The topological polar surface area (TPSA) is 114 Å². The predicted octanol–water partition coefficient (Wildman–Crippen LogP) is 3.83. The number of nitro groups is 1. The van der Waals surface area contributed by atoms with E-state index in [1.165, 1.54) is 48.5 Å². The molecule has 1 heterocycles. The van der Waals surface area contributed by atoms with E-state index in [2.05, 4.69) is 10.6 Å². The largest absolute Gasteiger partial charge is 0.433 e. The van der Waals surface area contributed by atoms with Gasteiger partial charge >= 0.3 is 5.88 Å². The van der Waals surface area contributed by atoms with Gasteiger partial charge in [0.25, 0.3) is 11.8 Å². The van der Waals surface area contributed by atoms with E-state index in [0.29, 0.717) is 0 Å². The van der Waals surface area contributed by atoms with Crippen molar-refractivity contribution >= 4 is 29.1 Å². The predicted molar refractivity (Wildman–Crippen MR) is 94.1 cm³/mol. The van der Waals surface area contributed by atoms with Crippen LogP contribution in [0.25, 0.3) is 0 Å². The van der Waals surface area contributed by atoms with Crippen LogP contribution in [0.15, 0.2) is 65.1 Å². The number of hydrogen-bond donors (Lipinski definition) is 2. The molecule has 0 atom stereocenters. The third-order valence-corrected chi connectivity index (χ3v) is 3.46. The zero-order chi connectivity index (χ0) is 19.4. The second-order valence-electron chi connectivity index (χ2n) is 5.39. The normalized spacial score (nSPS) is 10.3. The Morgan fingerprint density at radius 2 is 1.59 bits per heavy atom. The molecule has 2 amide bonds. The third kappa shape index (κ3) is 4.34. The zero-order valence-electron chi connectivity index (χ0n) is 13.6. The molecule has 27 heavy (non-hydrogen) atoms. The highest BCUT2D eigenvalue weighted by Gasteiger charge is 2.17. The summed E-state index contributed by atoms with van der Waals surface area (Å²) in [6.07, 6.45) is 0. The van der Waals surface area contributed by atoms with E-state index in [1.54, 1.807) is 6.07 Å². The fourth-order valence-corrected chi connectivity index (χ4v) is 2.25. The molecule has 136 valence electrons. The Bertz CT molecular complexity index is 1030. The second kappa shape index (κ2) is 7.48. The average molecular weight is 369 g/mol. The Kier molecular flexibility index (Phi) is 4.93. The van der Waals surface area contributed by atoms with Crippen LogP contribution in [0.3, 0.4) is 0 Å². The molecule has 0 saturated heterocycles. The zero-order valence-corrected chi connectivity index (χ0v) is 13.6. The van der Waals surface area contributed by atoms with Crippen LogP contribution in [0.4, 0.5) is 21.6 Å². The molecule has 3 rings (SSSR count). The first-order valence-corrected chi connectivity index (χ1v) is 7.65. The van der Waals surface area contributed by atoms with Crippen molar-refractivity contribution in [3.63, 3.8) is 0 Å². The molecule has 3 aromatic rings. The van der Waals surface area contributed by atoms with E-state index in [9.17, 15) is 24.1 Å². The van der Waals surface area contributed by atoms with Crippen molar-refractivity contribution in [1.82, 2.24) is 0 Å². The molecule has 0 spiro atoms. The maximum Gasteiger partial charge on any atom is 0.433 e. The first kappa shape index (κ1) is 17.8. The monoisotopic (exact) mass is 369 g/mol. The molecular formula is C18H12FN3O5. The maximum absolute atomic E-state index is 13.2. The van der Waals surface area contributed by atoms with E-state index in [1.807, 2.05) is 0 Å². The molecule has 0 unspecified atom stereocenters. The van der Waals surface area contributed by atoms with Crippen molar-refractivity contribution in [2.75, 3.05) is 10.6 Å². The van der Waals surface area contributed by atoms with Gasteiger partial charge in [-0.15, -0.1) is 0 Å². The lowest BCUT2D eigenvalue weighted by Gasteiger charge is -2.08. The Labute approximate surface area is 151 Å². The number of benzene rings is 2. The van der Waals surface area contributed by atoms with Gasteiger partial charge in [0.05, 0.1) is 6.07 Å². The van der Waals surface area contributed by atoms with E-state index < -0.39 is 28.4 Å². The van der Waals surface area contributed by atoms with Gasteiger partial charge in [-0.25, -0.2) is 4.39 Å². The molecule has 0 aliphatic heterocycles. The van der Waals surface area contributed by atoms with E-state index >= 15 is 0 Å². The molecule has 9 heteroatoms. The highest BCUT2D eigenvalue weighted by molar-refractivity contribution is 6.06. The van der Waals surface area contributed by atoms with Crippen molar-refractivity contribution in [3.05, 3.63) is 87.9 Å². The molecule has 0 fully saturated rings. The van der Waals surface area contributed by atoms with Crippen LogP contribution >= 0.6 is 0 Å². The molecule has 1 aromatic heterocycles. The van der Waals surface area contributed by atoms with Gasteiger partial charge in [-0.2, -0.15) is 0 Å². The first-order chi connectivity index (χ1) is 12.9. The molecule has 0 bridgehead atoms. The Morgan fingerprint density at radius 3 is 2.26 bits per heavy atom. The second-order valence-corrected chi connectivity index (χ2v) is 5.39. The average Bonchev–Trinajstić information content (AvgIpc) is 3.12. The van der Waals surface area contributed by atoms with Crippen LogP contribution in [-0.4, -0.2) is 16.7 Å². The van der Waals surface area contributed by atoms with Gasteiger partial charge in [-0.3, -0.25) is 19.7 Å². The summed E-state index contributed by atoms with van der Waals surface area (Å²) in [5.41, 5.74) is 0.797. The summed E-state index contributed by atoms with van der Waals surface area (Å²) in [6.45, 7) is 0. The van der Waals surface area contributed by atoms with Crippen LogP contribution in [0.2, 0.25) is 0 Å². The molecule has 0 aliphatic carbocycles. The first-order valence-electron chi connectivity index (χ1n) is 7.65. The third-order valence-electron chi connectivity index (χ3n) is 3.46. The number of furan rings is 1. The highest BCUT2D eigenvalue weighted by Crippen LogP contribution is 2.18. The molecule has 8 nitrogen and oxygen atoms in total. The number of nitrogens with zero attached hydrogens (tertiary/aromatic N) is 1. The summed E-state index contributed by atoms with van der Waals surface area (Å²) < 4.78 is 18.0. The number of hydrogen-bond acceptors (Lipinski definition) is 5. The molecule has 0 saturated carbocycles. The van der Waals surface area contributed by atoms with Gasteiger partial charge in [0.2, 0.25) is 0 Å². The summed E-state index contributed by atoms with van der Waals surface area (Å²) in [5.74, 6) is -2.47. The van der Waals surface area contributed by atoms with Gasteiger partial charge in [-0.1, -0.05) is 12.1 Å². The standard InChI is InChI=1S/C18H12FN3O5/c19-12-4-2-6-14(10-12)20-17(23)11-3-1-5-13(9-11)21-18(24)15-7-8-16(27-15)22(25)26/h1-10H,(H,20,23)(H,21,24). The van der Waals surface area contributed by atoms with Gasteiger partial charge in [0, 0.05) is 16.9 Å². The van der Waals surface area contributed by atoms with Crippen molar-refractivity contribution in [1.29, 1.82) is 0 Å². The fourth-order valence-electron chi connectivity index (χ4n) is 2.25. The van der Waals surface area contributed by atoms with Crippen molar-refractivity contribution in [3.8, 4) is 0 Å². The summed E-state index contributed by atoms with van der Waals surface area (Å²) in [7, 11) is 0. The molecule has 2 aromatic carbocycles. The SMILES string of the molecule is O=C(Nc1cccc(F)c1)c1cccc(NC(=O)c2ccc([N+](=O)[O-])o2)c1. The van der Waals surface area contributed by atoms with E-state index in [0.717, 1.165) is 6.07 Å². The van der Waals surface area contributed by atoms with Gasteiger partial charge in [0.1, 0.15) is 10.7 Å². The molecule has 0 radical (unpaired) electrons. The molecule has 0 aliphatic rings. The van der Waals surface area contributed by atoms with Crippen molar-refractivity contribution in [2.45, 2.75) is 0 Å². The summed E-state index contributed by atoms with van der Waals surface area (Å²) in [5, 5.41) is 15.6. The van der Waals surface area contributed by atoms with E-state index in [-0.39, 0.29) is 22.7 Å². The number of carbonyl (C=O) groups is 2. The minimum absolute atomic E-state index is 0.225. The Hall–Kier alpha value is -4.01. The van der Waals surface area contributed by atoms with Gasteiger partial charge in [-0.05, 0) is 42.5 Å². The number of nitrogens with one attached hydrogen (secondary N) is 2. The maximum atomic E-state index is 13.2. The van der Waals surface area contributed by atoms with E-state index in [4.69, 9.17) is 4.42 Å². The minimum atomic E-state index is -0.756. The van der Waals surface area contributed by atoms with Crippen LogP contribution in [-0.2, 0) is 0 Å². The van der Waals surface area contributed by atoms with Crippen LogP contribution in [0.1, 0.15) is 20.9 Å². The lowest BCUT2D eigenvalue weighted by molar-refractivity contribution is -0.402. The van der Waals surface area contributed by atoms with Gasteiger partial charge < -0.3 is 15.1 Å². The summed E-state index contributed by atoms with van der Waals surface area (Å²) in [6, 6.07) is 13.7. The number of anilines is 2. The van der Waals surface area contributed by atoms with Crippen LogP contribution < -0.4 is 10.6 Å². The summed E-state index contributed by atoms with van der Waals surface area (Å²) in [4.78, 5) is 34.2. The number of carbonyl (C=O) groups excluding carboxylic acids is 2. The van der Waals surface area contributed by atoms with Crippen molar-refractivity contribution in [2.24, 2.45) is 0 Å². The fraction of sp³-hybridized carbons (Fsp3) is 0. The van der Waals surface area contributed by atoms with Crippen LogP contribution in [0.5, 0.6) is 0 Å². The lowest BCUT2D eigenvalue weighted by atomic mass is 10.1. The number of halogens is 1. The summed E-state index contributed by atoms with van der Waals surface area (Å²) >= 11 is 0. The molecular weight excluding hydrogens is 357 g/mol. The minimum Gasteiger partial charge on any atom is -0.395 e.